The van der Waals surface area contributed by atoms with Crippen LogP contribution in [0.5, 0.6) is 11.5 Å². The zero-order valence-corrected chi connectivity index (χ0v) is 36.3. The Morgan fingerprint density at radius 2 is 1.17 bits per heavy atom. The van der Waals surface area contributed by atoms with Crippen molar-refractivity contribution in [1.82, 2.24) is 30.6 Å². The number of nitrogens with one attached hydrogen (secondary N) is 2. The molecule has 3 fully saturated rings. The Hall–Kier alpha value is -6.74. The molecule has 2 aromatic heterocycles. The lowest BCUT2D eigenvalue weighted by molar-refractivity contribution is 0.0508. The number of aromatic hydroxyl groups is 2. The molecule has 9 rings (SSSR count). The molecule has 3 aliphatic heterocycles. The Morgan fingerprint density at radius 3 is 1.63 bits per heavy atom. The minimum absolute atomic E-state index is 0.0288. The summed E-state index contributed by atoms with van der Waals surface area (Å²) in [6.45, 7) is 13.4. The van der Waals surface area contributed by atoms with Gasteiger partial charge in [0.25, 0.3) is 0 Å². The van der Waals surface area contributed by atoms with Crippen LogP contribution in [0.2, 0.25) is 0 Å². The first kappa shape index (κ1) is 42.9. The molecular weight excluding hydrogens is 801 g/mol. The van der Waals surface area contributed by atoms with E-state index in [1.165, 1.54) is 0 Å². The number of anilines is 2. The molecule has 3 atom stereocenters. The molecule has 0 aliphatic carbocycles. The monoisotopic (exact) mass is 854 g/mol. The molecule has 328 valence electrons. The number of aryl methyl sites for hydroxylation is 2. The second-order valence-electron chi connectivity index (χ2n) is 17.4. The highest BCUT2D eigenvalue weighted by atomic mass is 16.6. The van der Waals surface area contributed by atoms with Crippen LogP contribution in [0.25, 0.3) is 44.6 Å². The summed E-state index contributed by atoms with van der Waals surface area (Å²) in [4.78, 5) is 47.9. The number of carbonyl (C=O) groups is 2. The Labute approximate surface area is 366 Å². The molecule has 2 amide bonds. The van der Waals surface area contributed by atoms with Gasteiger partial charge in [-0.3, -0.25) is 0 Å². The summed E-state index contributed by atoms with van der Waals surface area (Å²) in [5, 5.41) is 28.5. The van der Waals surface area contributed by atoms with E-state index in [0.29, 0.717) is 49.1 Å². The first-order valence-electron chi connectivity index (χ1n) is 21.4. The maximum Gasteiger partial charge on any atom is 0.407 e. The largest absolute Gasteiger partial charge is 0.507 e. The molecule has 4 aromatic carbocycles. The van der Waals surface area contributed by atoms with Gasteiger partial charge in [-0.2, -0.15) is 0 Å². The van der Waals surface area contributed by atoms with Crippen molar-refractivity contribution in [3.63, 3.8) is 0 Å². The number of benzene rings is 4. The zero-order valence-electron chi connectivity index (χ0n) is 36.3. The number of aromatic nitrogens is 4. The summed E-state index contributed by atoms with van der Waals surface area (Å²) in [5.41, 5.74) is 4.51. The standard InChI is InChI=1S/C24H26N4O4.C24H28N4O3/c1-15-6-7-18-20(12-15)26-22(19-4-2-3-5-21(19)29)27-23(18)28-10-8-16(13-28)25-24(30)32-17-9-11-31-14-17;1-15-9-10-17-19(13-15)26-21(18-7-5-6-8-20(18)29)27-22(17)28-12-11-16(14-28)25-23(30)31-24(2,3)4/h2-7,12,16-17,29H,8-11,13-14H2,1H3,(H,25,30);5-10,13,16,29H,11-12,14H2,1-4H3,(H,25,30)/t16-,17-;16-/m00/s1. The fraction of sp³-hybridized carbons (Fsp3) is 0.375. The van der Waals surface area contributed by atoms with Crippen molar-refractivity contribution >= 4 is 45.6 Å². The lowest BCUT2D eigenvalue weighted by atomic mass is 10.1. The normalized spacial score (nSPS) is 18.6. The van der Waals surface area contributed by atoms with Gasteiger partial charge in [-0.05, 0) is 107 Å². The van der Waals surface area contributed by atoms with Crippen molar-refractivity contribution in [2.45, 2.75) is 77.7 Å². The highest BCUT2D eigenvalue weighted by Gasteiger charge is 2.31. The van der Waals surface area contributed by atoms with Crippen molar-refractivity contribution in [1.29, 1.82) is 0 Å². The third kappa shape index (κ3) is 10.3. The van der Waals surface area contributed by atoms with Crippen molar-refractivity contribution in [3.8, 4) is 34.3 Å². The Kier molecular flexibility index (Phi) is 12.5. The quantitative estimate of drug-likeness (QED) is 0.122. The number of amides is 2. The van der Waals surface area contributed by atoms with E-state index in [1.54, 1.807) is 24.3 Å². The number of para-hydroxylation sites is 2. The maximum absolute atomic E-state index is 12.3. The van der Waals surface area contributed by atoms with Crippen LogP contribution >= 0.6 is 0 Å². The molecule has 15 nitrogen and oxygen atoms in total. The number of fused-ring (bicyclic) bond motifs is 2. The first-order chi connectivity index (χ1) is 30.3. The number of hydrogen-bond acceptors (Lipinski definition) is 13. The Morgan fingerprint density at radius 1 is 0.683 bits per heavy atom. The van der Waals surface area contributed by atoms with Crippen LogP contribution in [0.4, 0.5) is 21.2 Å². The molecule has 0 unspecified atom stereocenters. The smallest absolute Gasteiger partial charge is 0.407 e. The first-order valence-corrected chi connectivity index (χ1v) is 21.4. The summed E-state index contributed by atoms with van der Waals surface area (Å²) < 4.78 is 16.1. The molecule has 0 spiro atoms. The number of carbonyl (C=O) groups excluding carboxylic acids is 2. The second-order valence-corrected chi connectivity index (χ2v) is 17.4. The molecule has 0 saturated carbocycles. The molecule has 15 heteroatoms. The zero-order chi connectivity index (χ0) is 44.3. The minimum atomic E-state index is -0.532. The van der Waals surface area contributed by atoms with Crippen LogP contribution in [-0.4, -0.2) is 106 Å². The number of hydrogen-bond donors (Lipinski definition) is 4. The third-order valence-corrected chi connectivity index (χ3v) is 11.1. The topological polar surface area (TPSA) is 184 Å². The van der Waals surface area contributed by atoms with Crippen molar-refractivity contribution in [2.24, 2.45) is 0 Å². The van der Waals surface area contributed by atoms with E-state index >= 15 is 0 Å². The third-order valence-electron chi connectivity index (χ3n) is 11.1. The number of alkyl carbamates (subject to hydrolysis) is 2. The molecule has 3 saturated heterocycles. The van der Waals surface area contributed by atoms with Crippen LogP contribution in [0.15, 0.2) is 84.9 Å². The van der Waals surface area contributed by atoms with Crippen LogP contribution in [0.1, 0.15) is 51.2 Å². The van der Waals surface area contributed by atoms with Gasteiger partial charge in [-0.15, -0.1) is 0 Å². The molecule has 4 N–H and O–H groups in total. The summed E-state index contributed by atoms with van der Waals surface area (Å²) >= 11 is 0. The summed E-state index contributed by atoms with van der Waals surface area (Å²) in [6.07, 6.45) is 1.36. The molecule has 0 bridgehead atoms. The average Bonchev–Trinajstić information content (AvgIpc) is 4.03. The number of rotatable bonds is 7. The lowest BCUT2D eigenvalue weighted by Crippen LogP contribution is -2.40. The molecule has 63 heavy (non-hydrogen) atoms. The Balaban J connectivity index is 0.000000173. The van der Waals surface area contributed by atoms with Crippen molar-refractivity contribution < 1.29 is 34.0 Å². The van der Waals surface area contributed by atoms with Crippen LogP contribution in [-0.2, 0) is 14.2 Å². The van der Waals surface area contributed by atoms with E-state index in [0.717, 1.165) is 76.9 Å². The molecule has 3 aliphatic rings. The maximum atomic E-state index is 12.3. The van der Waals surface area contributed by atoms with Crippen LogP contribution in [0.3, 0.4) is 0 Å². The summed E-state index contributed by atoms with van der Waals surface area (Å²) in [6, 6.07) is 26.3. The number of phenols is 2. The van der Waals surface area contributed by atoms with Gasteiger partial charge >= 0.3 is 12.2 Å². The predicted molar refractivity (Wildman–Crippen MR) is 242 cm³/mol. The minimum Gasteiger partial charge on any atom is -0.507 e. The van der Waals surface area contributed by atoms with Crippen LogP contribution < -0.4 is 20.4 Å². The molecular formula is C48H54N8O7. The average molecular weight is 855 g/mol. The number of phenolic OH excluding ortho intramolecular Hbond substituents is 2. The van der Waals surface area contributed by atoms with Crippen molar-refractivity contribution in [2.75, 3.05) is 49.2 Å². The SMILES string of the molecule is Cc1ccc2c(N3CC[C@H](NC(=O)OC(C)(C)C)C3)nc(-c3ccccc3O)nc2c1.Cc1ccc2c(N3CC[C@H](NC(=O)O[C@H]4CCOC4)C3)nc(-c3ccccc3O)nc2c1. The van der Waals surface area contributed by atoms with E-state index < -0.39 is 17.8 Å². The van der Waals surface area contributed by atoms with Gasteiger partial charge in [0.05, 0.1) is 47.5 Å². The fourth-order valence-electron chi connectivity index (χ4n) is 8.07. The summed E-state index contributed by atoms with van der Waals surface area (Å²) in [5.74, 6) is 2.85. The van der Waals surface area contributed by atoms with E-state index in [4.69, 9.17) is 34.1 Å². The van der Waals surface area contributed by atoms with E-state index in [-0.39, 0.29) is 29.7 Å². The van der Waals surface area contributed by atoms with E-state index in [9.17, 15) is 19.8 Å². The van der Waals surface area contributed by atoms with Gasteiger partial charge in [0.1, 0.15) is 34.8 Å². The van der Waals surface area contributed by atoms with Gasteiger partial charge in [0, 0.05) is 43.4 Å². The van der Waals surface area contributed by atoms with Gasteiger partial charge in [0.15, 0.2) is 11.6 Å². The van der Waals surface area contributed by atoms with Gasteiger partial charge in [-0.25, -0.2) is 29.5 Å². The lowest BCUT2D eigenvalue weighted by Gasteiger charge is -2.23. The van der Waals surface area contributed by atoms with E-state index in [1.807, 2.05) is 95.3 Å². The van der Waals surface area contributed by atoms with Gasteiger partial charge in [0.2, 0.25) is 0 Å². The molecule has 0 radical (unpaired) electrons. The number of nitrogens with zero attached hydrogens (tertiary/aromatic N) is 6. The predicted octanol–water partition coefficient (Wildman–Crippen LogP) is 7.82. The second kappa shape index (κ2) is 18.3. The van der Waals surface area contributed by atoms with Crippen molar-refractivity contribution in [3.05, 3.63) is 96.1 Å². The highest BCUT2D eigenvalue weighted by molar-refractivity contribution is 5.93. The Bertz CT molecular complexity index is 2630. The highest BCUT2D eigenvalue weighted by Crippen LogP contribution is 2.35. The molecule has 6 aromatic rings. The fourth-order valence-corrected chi connectivity index (χ4v) is 8.07. The molecule has 5 heterocycles. The van der Waals surface area contributed by atoms with Gasteiger partial charge < -0.3 is 44.9 Å². The van der Waals surface area contributed by atoms with Gasteiger partial charge in [-0.1, -0.05) is 36.4 Å². The van der Waals surface area contributed by atoms with E-state index in [2.05, 4.69) is 20.4 Å². The summed E-state index contributed by atoms with van der Waals surface area (Å²) in [7, 11) is 0. The number of ether oxygens (including phenoxy) is 3. The van der Waals surface area contributed by atoms with Crippen LogP contribution in [0, 0.1) is 13.8 Å².